The molecule has 3 rings (SSSR count). The molecule has 0 heterocycles. The van der Waals surface area contributed by atoms with Crippen molar-refractivity contribution >= 4 is 38.9 Å². The van der Waals surface area contributed by atoms with Gasteiger partial charge in [-0.25, -0.2) is 8.42 Å². The maximum absolute atomic E-state index is 13.3. The molecule has 1 N–H and O–H groups in total. The number of nitrogens with zero attached hydrogens (tertiary/aromatic N) is 1. The van der Waals surface area contributed by atoms with E-state index in [4.69, 9.17) is 21.1 Å². The van der Waals surface area contributed by atoms with Crippen LogP contribution in [0, 0.1) is 0 Å². The molecule has 0 bridgehead atoms. The number of ether oxygens (including phenoxy) is 2. The molecule has 0 fully saturated rings. The van der Waals surface area contributed by atoms with Crippen molar-refractivity contribution < 1.29 is 22.7 Å². The smallest absolute Gasteiger partial charge is 0.264 e. The summed E-state index contributed by atoms with van der Waals surface area (Å²) in [6, 6.07) is 19.2. The lowest BCUT2D eigenvalue weighted by atomic mass is 10.3. The summed E-state index contributed by atoms with van der Waals surface area (Å²) >= 11 is 6.21. The summed E-state index contributed by atoms with van der Waals surface area (Å²) in [5, 5.41) is 2.92. The molecule has 9 heteroatoms. The lowest BCUT2D eigenvalue weighted by molar-refractivity contribution is -0.114. The van der Waals surface area contributed by atoms with E-state index in [1.54, 1.807) is 48.5 Å². The zero-order valence-electron chi connectivity index (χ0n) is 16.9. The number of methoxy groups -OCH3 is 2. The van der Waals surface area contributed by atoms with Gasteiger partial charge in [-0.3, -0.25) is 9.10 Å². The van der Waals surface area contributed by atoms with Crippen molar-refractivity contribution in [3.05, 3.63) is 77.8 Å². The van der Waals surface area contributed by atoms with Gasteiger partial charge in [-0.05, 0) is 42.5 Å². The highest BCUT2D eigenvalue weighted by Gasteiger charge is 2.27. The number of carbonyl (C=O) groups is 1. The number of benzene rings is 3. The first kappa shape index (κ1) is 22.5. The molecule has 7 nitrogen and oxygen atoms in total. The molecule has 0 saturated carbocycles. The maximum atomic E-state index is 13.3. The van der Waals surface area contributed by atoms with Crippen LogP contribution in [0.2, 0.25) is 5.02 Å². The SMILES string of the molecule is COc1cccc(NC(=O)CN(c2ccc(OC)c(Cl)c2)S(=O)(=O)c2ccccc2)c1. The van der Waals surface area contributed by atoms with Crippen LogP contribution >= 0.6 is 11.6 Å². The van der Waals surface area contributed by atoms with Crippen LogP contribution in [0.5, 0.6) is 11.5 Å². The Labute approximate surface area is 186 Å². The van der Waals surface area contributed by atoms with Gasteiger partial charge in [0.25, 0.3) is 10.0 Å². The van der Waals surface area contributed by atoms with Crippen LogP contribution in [0.4, 0.5) is 11.4 Å². The predicted molar refractivity (Wildman–Crippen MR) is 121 cm³/mol. The number of amides is 1. The highest BCUT2D eigenvalue weighted by atomic mass is 35.5. The molecule has 162 valence electrons. The number of anilines is 2. The first-order chi connectivity index (χ1) is 14.8. The second kappa shape index (κ2) is 9.72. The maximum Gasteiger partial charge on any atom is 0.264 e. The minimum Gasteiger partial charge on any atom is -0.497 e. The van der Waals surface area contributed by atoms with Gasteiger partial charge in [0, 0.05) is 11.8 Å². The van der Waals surface area contributed by atoms with E-state index >= 15 is 0 Å². The molecular formula is C22H21ClN2O5S. The summed E-state index contributed by atoms with van der Waals surface area (Å²) in [5.41, 5.74) is 0.713. The summed E-state index contributed by atoms with van der Waals surface area (Å²) in [4.78, 5) is 12.8. The molecule has 0 aliphatic rings. The topological polar surface area (TPSA) is 84.9 Å². The molecule has 0 spiro atoms. The third-order valence-electron chi connectivity index (χ3n) is 4.40. The fraction of sp³-hybridized carbons (Fsp3) is 0.136. The Kier molecular flexibility index (Phi) is 7.04. The van der Waals surface area contributed by atoms with E-state index in [9.17, 15) is 13.2 Å². The molecule has 0 saturated heterocycles. The van der Waals surface area contributed by atoms with Gasteiger partial charge in [0.05, 0.1) is 29.8 Å². The Morgan fingerprint density at radius 3 is 2.35 bits per heavy atom. The normalized spacial score (nSPS) is 10.9. The van der Waals surface area contributed by atoms with Crippen molar-refractivity contribution in [1.29, 1.82) is 0 Å². The third-order valence-corrected chi connectivity index (χ3v) is 6.48. The number of sulfonamides is 1. The Morgan fingerprint density at radius 2 is 1.71 bits per heavy atom. The van der Waals surface area contributed by atoms with E-state index in [1.165, 1.54) is 38.5 Å². The average molecular weight is 461 g/mol. The van der Waals surface area contributed by atoms with E-state index in [0.717, 1.165) is 4.31 Å². The quantitative estimate of drug-likeness (QED) is 0.544. The van der Waals surface area contributed by atoms with E-state index < -0.39 is 22.5 Å². The fourth-order valence-corrected chi connectivity index (χ4v) is 4.56. The van der Waals surface area contributed by atoms with Crippen molar-refractivity contribution in [2.24, 2.45) is 0 Å². The van der Waals surface area contributed by atoms with E-state index in [0.29, 0.717) is 17.2 Å². The van der Waals surface area contributed by atoms with Crippen molar-refractivity contribution in [2.75, 3.05) is 30.4 Å². The van der Waals surface area contributed by atoms with Crippen molar-refractivity contribution in [1.82, 2.24) is 0 Å². The number of nitrogens with one attached hydrogen (secondary N) is 1. The van der Waals surface area contributed by atoms with Gasteiger partial charge in [-0.15, -0.1) is 0 Å². The Balaban J connectivity index is 1.95. The molecular weight excluding hydrogens is 440 g/mol. The minimum atomic E-state index is -4.04. The molecule has 1 amide bonds. The van der Waals surface area contributed by atoms with Gasteiger partial charge in [0.1, 0.15) is 18.0 Å². The highest BCUT2D eigenvalue weighted by Crippen LogP contribution is 2.32. The predicted octanol–water partition coefficient (Wildman–Crippen LogP) is 4.19. The first-order valence-corrected chi connectivity index (χ1v) is 11.0. The van der Waals surface area contributed by atoms with Crippen molar-refractivity contribution in [3.8, 4) is 11.5 Å². The van der Waals surface area contributed by atoms with E-state index in [2.05, 4.69) is 5.32 Å². The van der Waals surface area contributed by atoms with Crippen LogP contribution in [0.25, 0.3) is 0 Å². The minimum absolute atomic E-state index is 0.0520. The van der Waals surface area contributed by atoms with Crippen LogP contribution in [0.15, 0.2) is 77.7 Å². The number of hydrogen-bond donors (Lipinski definition) is 1. The summed E-state index contributed by atoms with van der Waals surface area (Å²) in [7, 11) is -1.07. The second-order valence-electron chi connectivity index (χ2n) is 6.42. The molecule has 3 aromatic carbocycles. The fourth-order valence-electron chi connectivity index (χ4n) is 2.88. The number of rotatable bonds is 8. The second-order valence-corrected chi connectivity index (χ2v) is 8.69. The zero-order valence-corrected chi connectivity index (χ0v) is 18.5. The standard InChI is InChI=1S/C22H21ClN2O5S/c1-29-18-8-6-7-16(13-18)24-22(26)15-25(17-11-12-21(30-2)20(23)14-17)31(27,28)19-9-4-3-5-10-19/h3-14H,15H2,1-2H3,(H,24,26). The van der Waals surface area contributed by atoms with E-state index in [1.807, 2.05) is 0 Å². The van der Waals surface area contributed by atoms with Gasteiger partial charge in [0.2, 0.25) is 5.91 Å². The molecule has 31 heavy (non-hydrogen) atoms. The van der Waals surface area contributed by atoms with Crippen LogP contribution in [0.1, 0.15) is 0 Å². The zero-order chi connectivity index (χ0) is 22.4. The third kappa shape index (κ3) is 5.28. The van der Waals surface area contributed by atoms with Crippen LogP contribution in [-0.4, -0.2) is 35.1 Å². The van der Waals surface area contributed by atoms with Gasteiger partial charge < -0.3 is 14.8 Å². The first-order valence-electron chi connectivity index (χ1n) is 9.20. The summed E-state index contributed by atoms with van der Waals surface area (Å²) in [5.74, 6) is 0.427. The summed E-state index contributed by atoms with van der Waals surface area (Å²) in [6.45, 7) is -0.461. The molecule has 0 aromatic heterocycles. The number of carbonyl (C=O) groups excluding carboxylic acids is 1. The number of halogens is 1. The summed E-state index contributed by atoms with van der Waals surface area (Å²) < 4.78 is 38.0. The lowest BCUT2D eigenvalue weighted by Gasteiger charge is -2.24. The highest BCUT2D eigenvalue weighted by molar-refractivity contribution is 7.92. The van der Waals surface area contributed by atoms with Gasteiger partial charge >= 0.3 is 0 Å². The monoisotopic (exact) mass is 460 g/mol. The molecule has 0 atom stereocenters. The van der Waals surface area contributed by atoms with Crippen LogP contribution < -0.4 is 19.1 Å². The molecule has 0 aliphatic carbocycles. The van der Waals surface area contributed by atoms with Crippen LogP contribution in [-0.2, 0) is 14.8 Å². The Bertz CT molecular complexity index is 1170. The largest absolute Gasteiger partial charge is 0.497 e. The molecule has 0 radical (unpaired) electrons. The van der Waals surface area contributed by atoms with Crippen molar-refractivity contribution in [2.45, 2.75) is 4.90 Å². The molecule has 3 aromatic rings. The van der Waals surface area contributed by atoms with Gasteiger partial charge in [0.15, 0.2) is 0 Å². The number of hydrogen-bond acceptors (Lipinski definition) is 5. The van der Waals surface area contributed by atoms with E-state index in [-0.39, 0.29) is 15.6 Å². The lowest BCUT2D eigenvalue weighted by Crippen LogP contribution is -2.38. The van der Waals surface area contributed by atoms with Gasteiger partial charge in [-0.2, -0.15) is 0 Å². The average Bonchev–Trinajstić information content (AvgIpc) is 2.78. The Hall–Kier alpha value is -3.23. The van der Waals surface area contributed by atoms with Crippen LogP contribution in [0.3, 0.4) is 0 Å². The Morgan fingerprint density at radius 1 is 0.968 bits per heavy atom. The van der Waals surface area contributed by atoms with Gasteiger partial charge in [-0.1, -0.05) is 35.9 Å². The molecule has 0 unspecified atom stereocenters. The molecule has 0 aliphatic heterocycles. The van der Waals surface area contributed by atoms with Crippen molar-refractivity contribution in [3.63, 3.8) is 0 Å². The summed E-state index contributed by atoms with van der Waals surface area (Å²) in [6.07, 6.45) is 0.